The molecular weight excluding hydrogens is 286 g/mol. The molecule has 1 heterocycles. The van der Waals surface area contributed by atoms with Gasteiger partial charge in [0.25, 0.3) is 0 Å². The molecule has 0 amide bonds. The van der Waals surface area contributed by atoms with Gasteiger partial charge in [-0.25, -0.2) is 0 Å². The minimum absolute atomic E-state index is 0.588. The van der Waals surface area contributed by atoms with E-state index in [2.05, 4.69) is 40.3 Å². The van der Waals surface area contributed by atoms with Crippen molar-refractivity contribution >= 4 is 33.4 Å². The lowest BCUT2D eigenvalue weighted by Gasteiger charge is -2.18. The van der Waals surface area contributed by atoms with Gasteiger partial charge in [0, 0.05) is 17.0 Å². The van der Waals surface area contributed by atoms with Crippen LogP contribution in [0.4, 0.5) is 5.69 Å². The van der Waals surface area contributed by atoms with Gasteiger partial charge in [0.1, 0.15) is 5.75 Å². The molecule has 2 nitrogen and oxygen atoms in total. The largest absolute Gasteiger partial charge is 0.496 e. The minimum atomic E-state index is 0.588. The van der Waals surface area contributed by atoms with E-state index in [4.69, 9.17) is 4.74 Å². The van der Waals surface area contributed by atoms with Crippen molar-refractivity contribution in [2.24, 2.45) is 0 Å². The van der Waals surface area contributed by atoms with Gasteiger partial charge in [-0.1, -0.05) is 6.92 Å². The zero-order chi connectivity index (χ0) is 11.5. The Labute approximate surface area is 109 Å². The summed E-state index contributed by atoms with van der Waals surface area (Å²) in [5.74, 6) is 2.13. The molecule has 1 saturated heterocycles. The molecular formula is C12H16BrNOS. The summed E-state index contributed by atoms with van der Waals surface area (Å²) < 4.78 is 6.21. The summed E-state index contributed by atoms with van der Waals surface area (Å²) in [7, 11) is 1.68. The molecule has 1 aliphatic heterocycles. The van der Waals surface area contributed by atoms with Crippen molar-refractivity contribution in [3.8, 4) is 5.75 Å². The first-order valence-electron chi connectivity index (χ1n) is 5.42. The molecule has 16 heavy (non-hydrogen) atoms. The van der Waals surface area contributed by atoms with Crippen LogP contribution in [0.1, 0.15) is 13.3 Å². The van der Waals surface area contributed by atoms with Gasteiger partial charge in [-0.05, 0) is 46.3 Å². The quantitative estimate of drug-likeness (QED) is 0.918. The zero-order valence-electron chi connectivity index (χ0n) is 9.50. The lowest BCUT2D eigenvalue weighted by Crippen LogP contribution is -2.24. The van der Waals surface area contributed by atoms with E-state index in [1.54, 1.807) is 7.11 Å². The summed E-state index contributed by atoms with van der Waals surface area (Å²) in [6, 6.07) is 6.72. The minimum Gasteiger partial charge on any atom is -0.496 e. The van der Waals surface area contributed by atoms with Crippen LogP contribution in [0.15, 0.2) is 22.7 Å². The molecule has 2 rings (SSSR count). The van der Waals surface area contributed by atoms with Crippen molar-refractivity contribution in [3.63, 3.8) is 0 Å². The molecule has 1 aliphatic rings. The fraction of sp³-hybridized carbons (Fsp3) is 0.500. The summed E-state index contributed by atoms with van der Waals surface area (Å²) in [4.78, 5) is 0. The average Bonchev–Trinajstić information content (AvgIpc) is 2.65. The number of halogens is 1. The summed E-state index contributed by atoms with van der Waals surface area (Å²) in [5.41, 5.74) is 1.16. The number of benzene rings is 1. The van der Waals surface area contributed by atoms with Gasteiger partial charge in [0.2, 0.25) is 0 Å². The molecule has 88 valence electrons. The lowest BCUT2D eigenvalue weighted by molar-refractivity contribution is 0.412. The highest BCUT2D eigenvalue weighted by atomic mass is 79.9. The fourth-order valence-corrected chi connectivity index (χ4v) is 3.63. The van der Waals surface area contributed by atoms with E-state index < -0.39 is 0 Å². The van der Waals surface area contributed by atoms with E-state index in [1.807, 2.05) is 17.8 Å². The Balaban J connectivity index is 2.07. The van der Waals surface area contributed by atoms with Crippen LogP contribution in [0.25, 0.3) is 0 Å². The van der Waals surface area contributed by atoms with Gasteiger partial charge < -0.3 is 10.1 Å². The van der Waals surface area contributed by atoms with E-state index in [1.165, 1.54) is 12.2 Å². The van der Waals surface area contributed by atoms with Gasteiger partial charge in [-0.3, -0.25) is 0 Å². The molecule has 2 unspecified atom stereocenters. The van der Waals surface area contributed by atoms with Crippen LogP contribution in [0.5, 0.6) is 5.75 Å². The van der Waals surface area contributed by atoms with Crippen molar-refractivity contribution in [2.75, 3.05) is 18.2 Å². The van der Waals surface area contributed by atoms with Crippen LogP contribution in [0, 0.1) is 0 Å². The zero-order valence-corrected chi connectivity index (χ0v) is 11.9. The third-order valence-electron chi connectivity index (χ3n) is 2.88. The predicted octanol–water partition coefficient (Wildman–Crippen LogP) is 3.76. The maximum absolute atomic E-state index is 5.21. The van der Waals surface area contributed by atoms with Crippen molar-refractivity contribution < 1.29 is 4.74 Å². The average molecular weight is 302 g/mol. The smallest absolute Gasteiger partial charge is 0.133 e. The highest BCUT2D eigenvalue weighted by Crippen LogP contribution is 2.32. The van der Waals surface area contributed by atoms with Gasteiger partial charge in [0.15, 0.2) is 0 Å². The Morgan fingerprint density at radius 1 is 1.50 bits per heavy atom. The SMILES string of the molecule is COc1ccc(NC2CCSC2C)cc1Br. The number of nitrogens with one attached hydrogen (secondary N) is 1. The molecule has 0 saturated carbocycles. The van der Waals surface area contributed by atoms with Gasteiger partial charge in [0.05, 0.1) is 11.6 Å². The second-order valence-electron chi connectivity index (χ2n) is 3.96. The maximum Gasteiger partial charge on any atom is 0.133 e. The fourth-order valence-electron chi connectivity index (χ4n) is 1.89. The number of ether oxygens (including phenoxy) is 1. The van der Waals surface area contributed by atoms with Gasteiger partial charge in [-0.15, -0.1) is 0 Å². The molecule has 1 fully saturated rings. The summed E-state index contributed by atoms with van der Waals surface area (Å²) in [5, 5.41) is 4.27. The van der Waals surface area contributed by atoms with Crippen molar-refractivity contribution in [2.45, 2.75) is 24.6 Å². The summed E-state index contributed by atoms with van der Waals surface area (Å²) in [6.45, 7) is 2.29. The molecule has 4 heteroatoms. The van der Waals surface area contributed by atoms with Crippen molar-refractivity contribution in [1.82, 2.24) is 0 Å². The molecule has 2 atom stereocenters. The van der Waals surface area contributed by atoms with E-state index in [9.17, 15) is 0 Å². The first kappa shape index (κ1) is 12.1. The van der Waals surface area contributed by atoms with Crippen molar-refractivity contribution in [1.29, 1.82) is 0 Å². The van der Waals surface area contributed by atoms with Crippen LogP contribution < -0.4 is 10.1 Å². The summed E-state index contributed by atoms with van der Waals surface area (Å²) in [6.07, 6.45) is 1.25. The molecule has 0 aliphatic carbocycles. The van der Waals surface area contributed by atoms with Crippen LogP contribution in [-0.2, 0) is 0 Å². The molecule has 0 bridgehead atoms. The van der Waals surface area contributed by atoms with Gasteiger partial charge >= 0.3 is 0 Å². The van der Waals surface area contributed by atoms with Gasteiger partial charge in [-0.2, -0.15) is 11.8 Å². The topological polar surface area (TPSA) is 21.3 Å². The Hall–Kier alpha value is -0.350. The number of rotatable bonds is 3. The van der Waals surface area contributed by atoms with E-state index >= 15 is 0 Å². The lowest BCUT2D eigenvalue weighted by atomic mass is 10.1. The number of hydrogen-bond acceptors (Lipinski definition) is 3. The Morgan fingerprint density at radius 3 is 2.88 bits per heavy atom. The first-order chi connectivity index (χ1) is 7.70. The Morgan fingerprint density at radius 2 is 2.31 bits per heavy atom. The molecule has 0 aromatic heterocycles. The van der Waals surface area contributed by atoms with Crippen LogP contribution >= 0.6 is 27.7 Å². The van der Waals surface area contributed by atoms with E-state index in [0.29, 0.717) is 11.3 Å². The van der Waals surface area contributed by atoms with Crippen LogP contribution in [0.3, 0.4) is 0 Å². The number of anilines is 1. The monoisotopic (exact) mass is 301 g/mol. The third-order valence-corrected chi connectivity index (χ3v) is 4.83. The molecule has 1 aromatic rings. The molecule has 0 spiro atoms. The molecule has 0 radical (unpaired) electrons. The standard InChI is InChI=1S/C12H16BrNOS/c1-8-11(5-6-16-8)14-9-3-4-12(15-2)10(13)7-9/h3-4,7-8,11,14H,5-6H2,1-2H3. The number of thioether (sulfide) groups is 1. The second kappa shape index (κ2) is 5.32. The Bertz CT molecular complexity index is 372. The number of hydrogen-bond donors (Lipinski definition) is 1. The van der Waals surface area contributed by atoms with E-state index in [-0.39, 0.29) is 0 Å². The van der Waals surface area contributed by atoms with Crippen LogP contribution in [0.2, 0.25) is 0 Å². The van der Waals surface area contributed by atoms with E-state index in [0.717, 1.165) is 15.9 Å². The van der Waals surface area contributed by atoms with Crippen molar-refractivity contribution in [3.05, 3.63) is 22.7 Å². The molecule has 1 N–H and O–H groups in total. The highest BCUT2D eigenvalue weighted by Gasteiger charge is 2.23. The predicted molar refractivity (Wildman–Crippen MR) is 74.6 cm³/mol. The maximum atomic E-state index is 5.21. The first-order valence-corrected chi connectivity index (χ1v) is 7.26. The summed E-state index contributed by atoms with van der Waals surface area (Å²) >= 11 is 5.54. The normalized spacial score (nSPS) is 24.4. The van der Waals surface area contributed by atoms with Crippen LogP contribution in [-0.4, -0.2) is 24.2 Å². The highest BCUT2D eigenvalue weighted by molar-refractivity contribution is 9.10. The molecule has 1 aromatic carbocycles. The third kappa shape index (κ3) is 2.66. The Kier molecular flexibility index (Phi) is 4.03. The number of methoxy groups -OCH3 is 1. The second-order valence-corrected chi connectivity index (χ2v) is 6.30.